The largest absolute Gasteiger partial charge is 0.487 e. The van der Waals surface area contributed by atoms with Gasteiger partial charge in [0.2, 0.25) is 0 Å². The molecule has 6 heteroatoms. The molecular formula is C22H25FN2O3. The second-order valence-electron chi connectivity index (χ2n) is 8.24. The average Bonchev–Trinajstić information content (AvgIpc) is 2.60. The van der Waals surface area contributed by atoms with Crippen LogP contribution in [0.3, 0.4) is 0 Å². The first-order chi connectivity index (χ1) is 13.3. The van der Waals surface area contributed by atoms with Crippen molar-refractivity contribution in [1.82, 2.24) is 5.32 Å². The third-order valence-electron chi connectivity index (χ3n) is 5.45. The van der Waals surface area contributed by atoms with Gasteiger partial charge in [-0.15, -0.1) is 0 Å². The van der Waals surface area contributed by atoms with Crippen LogP contribution in [0.4, 0.5) is 14.9 Å². The summed E-state index contributed by atoms with van der Waals surface area (Å²) in [5, 5.41) is 15.9. The van der Waals surface area contributed by atoms with Gasteiger partial charge in [-0.25, -0.2) is 9.18 Å². The highest BCUT2D eigenvalue weighted by Crippen LogP contribution is 2.40. The van der Waals surface area contributed by atoms with E-state index in [9.17, 15) is 14.3 Å². The third kappa shape index (κ3) is 3.83. The van der Waals surface area contributed by atoms with Crippen molar-refractivity contribution in [2.75, 3.05) is 5.32 Å². The van der Waals surface area contributed by atoms with Gasteiger partial charge in [-0.3, -0.25) is 0 Å². The molecule has 2 aromatic carbocycles. The molecule has 2 aromatic rings. The first kappa shape index (κ1) is 18.7. The maximum Gasteiger partial charge on any atom is 0.319 e. The lowest BCUT2D eigenvalue weighted by Gasteiger charge is -2.38. The summed E-state index contributed by atoms with van der Waals surface area (Å²) in [6, 6.07) is 9.59. The van der Waals surface area contributed by atoms with E-state index >= 15 is 0 Å². The standard InChI is InChI=1S/C22H25FN2O3/c1-22(2)12-19(16-9-7-14(23)10-20(16)28-22)25-21(27)24-18-5-3-4-13-6-8-15(26)11-17(13)18/h3-5,7,9-10,15,19,26H,6,8,11-12H2,1-2H3,(H2,24,25,27)/t15-,19-/m1/s1. The number of amides is 2. The van der Waals surface area contributed by atoms with Crippen LogP contribution in [0.25, 0.3) is 0 Å². The Bertz CT molecular complexity index is 913. The van der Waals surface area contributed by atoms with Crippen LogP contribution in [0.15, 0.2) is 36.4 Å². The summed E-state index contributed by atoms with van der Waals surface area (Å²) in [4.78, 5) is 12.7. The first-order valence-electron chi connectivity index (χ1n) is 9.65. The van der Waals surface area contributed by atoms with Crippen LogP contribution in [0.1, 0.15) is 49.4 Å². The van der Waals surface area contributed by atoms with Crippen molar-refractivity contribution in [3.63, 3.8) is 0 Å². The topological polar surface area (TPSA) is 70.6 Å². The summed E-state index contributed by atoms with van der Waals surface area (Å²) in [7, 11) is 0. The molecule has 5 nitrogen and oxygen atoms in total. The van der Waals surface area contributed by atoms with E-state index in [-0.39, 0.29) is 24.0 Å². The second-order valence-corrected chi connectivity index (χ2v) is 8.24. The molecule has 0 aromatic heterocycles. The van der Waals surface area contributed by atoms with E-state index in [2.05, 4.69) is 10.6 Å². The summed E-state index contributed by atoms with van der Waals surface area (Å²) in [5.41, 5.74) is 3.12. The van der Waals surface area contributed by atoms with Gasteiger partial charge in [-0.05, 0) is 49.9 Å². The predicted octanol–water partition coefficient (Wildman–Crippen LogP) is 4.10. The number of anilines is 1. The molecule has 0 radical (unpaired) electrons. The zero-order valence-electron chi connectivity index (χ0n) is 16.1. The average molecular weight is 384 g/mol. The number of carbonyl (C=O) groups excluding carboxylic acids is 1. The smallest absolute Gasteiger partial charge is 0.319 e. The van der Waals surface area contributed by atoms with E-state index in [1.54, 1.807) is 6.07 Å². The van der Waals surface area contributed by atoms with Gasteiger partial charge >= 0.3 is 6.03 Å². The molecular weight excluding hydrogens is 359 g/mol. The van der Waals surface area contributed by atoms with Crippen molar-refractivity contribution in [2.24, 2.45) is 0 Å². The molecule has 148 valence electrons. The number of urea groups is 1. The number of carbonyl (C=O) groups is 1. The zero-order valence-corrected chi connectivity index (χ0v) is 16.1. The molecule has 3 N–H and O–H groups in total. The molecule has 0 bridgehead atoms. The van der Waals surface area contributed by atoms with Crippen LogP contribution >= 0.6 is 0 Å². The van der Waals surface area contributed by atoms with E-state index in [0.29, 0.717) is 18.6 Å². The minimum Gasteiger partial charge on any atom is -0.487 e. The Labute approximate surface area is 163 Å². The quantitative estimate of drug-likeness (QED) is 0.730. The Balaban J connectivity index is 1.54. The number of aliphatic hydroxyl groups excluding tert-OH is 1. The first-order valence-corrected chi connectivity index (χ1v) is 9.65. The van der Waals surface area contributed by atoms with Gasteiger partial charge in [0, 0.05) is 30.2 Å². The summed E-state index contributed by atoms with van der Waals surface area (Å²) >= 11 is 0. The van der Waals surface area contributed by atoms with E-state index < -0.39 is 5.60 Å². The Hall–Kier alpha value is -2.60. The van der Waals surface area contributed by atoms with Gasteiger partial charge in [0.1, 0.15) is 17.2 Å². The molecule has 0 spiro atoms. The second kappa shape index (κ2) is 7.09. The summed E-state index contributed by atoms with van der Waals surface area (Å²) in [6.45, 7) is 3.84. The number of rotatable bonds is 2. The number of ether oxygens (including phenoxy) is 1. The van der Waals surface area contributed by atoms with Crippen molar-refractivity contribution in [1.29, 1.82) is 0 Å². The van der Waals surface area contributed by atoms with E-state index in [1.807, 2.05) is 32.0 Å². The van der Waals surface area contributed by atoms with Gasteiger partial charge in [0.25, 0.3) is 0 Å². The van der Waals surface area contributed by atoms with E-state index in [1.165, 1.54) is 12.1 Å². The van der Waals surface area contributed by atoms with Gasteiger partial charge in [0.15, 0.2) is 0 Å². The summed E-state index contributed by atoms with van der Waals surface area (Å²) in [6.07, 6.45) is 2.29. The lowest BCUT2D eigenvalue weighted by Crippen LogP contribution is -2.42. The van der Waals surface area contributed by atoms with Crippen LogP contribution in [-0.2, 0) is 12.8 Å². The van der Waals surface area contributed by atoms with Crippen LogP contribution in [0.2, 0.25) is 0 Å². The molecule has 2 atom stereocenters. The SMILES string of the molecule is CC1(C)C[C@@H](NC(=O)Nc2cccc3c2C[C@H](O)CC3)c2ccc(F)cc2O1. The number of halogens is 1. The Morgan fingerprint density at radius 3 is 2.93 bits per heavy atom. The third-order valence-corrected chi connectivity index (χ3v) is 5.45. The fourth-order valence-corrected chi connectivity index (χ4v) is 4.16. The molecule has 0 saturated heterocycles. The highest BCUT2D eigenvalue weighted by Gasteiger charge is 2.35. The van der Waals surface area contributed by atoms with Gasteiger partial charge < -0.3 is 20.5 Å². The maximum atomic E-state index is 13.6. The minimum absolute atomic E-state index is 0.288. The Kier molecular flexibility index (Phi) is 4.75. The van der Waals surface area contributed by atoms with Crippen molar-refractivity contribution >= 4 is 11.7 Å². The number of aryl methyl sites for hydroxylation is 1. The van der Waals surface area contributed by atoms with Crippen LogP contribution < -0.4 is 15.4 Å². The molecule has 4 rings (SSSR count). The summed E-state index contributed by atoms with van der Waals surface area (Å²) < 4.78 is 19.5. The van der Waals surface area contributed by atoms with E-state index in [4.69, 9.17) is 4.74 Å². The lowest BCUT2D eigenvalue weighted by molar-refractivity contribution is 0.0678. The van der Waals surface area contributed by atoms with E-state index in [0.717, 1.165) is 35.2 Å². The van der Waals surface area contributed by atoms with Crippen molar-refractivity contribution in [2.45, 2.75) is 57.3 Å². The molecule has 1 aliphatic carbocycles. The fraction of sp³-hybridized carbons (Fsp3) is 0.409. The Morgan fingerprint density at radius 1 is 1.29 bits per heavy atom. The Morgan fingerprint density at radius 2 is 2.11 bits per heavy atom. The minimum atomic E-state index is -0.519. The number of fused-ring (bicyclic) bond motifs is 2. The van der Waals surface area contributed by atoms with Crippen LogP contribution in [0, 0.1) is 5.82 Å². The molecule has 2 amide bonds. The highest BCUT2D eigenvalue weighted by molar-refractivity contribution is 5.90. The number of hydrogen-bond donors (Lipinski definition) is 3. The molecule has 0 fully saturated rings. The van der Waals surface area contributed by atoms with Crippen molar-refractivity contribution in [3.05, 3.63) is 58.9 Å². The van der Waals surface area contributed by atoms with Gasteiger partial charge in [-0.2, -0.15) is 0 Å². The maximum absolute atomic E-state index is 13.6. The van der Waals surface area contributed by atoms with Crippen molar-refractivity contribution < 1.29 is 19.0 Å². The number of nitrogens with one attached hydrogen (secondary N) is 2. The molecule has 1 heterocycles. The predicted molar refractivity (Wildman–Crippen MR) is 105 cm³/mol. The lowest BCUT2D eigenvalue weighted by atomic mass is 9.88. The number of hydrogen-bond acceptors (Lipinski definition) is 3. The normalized spacial score (nSPS) is 22.4. The molecule has 0 saturated carbocycles. The number of aliphatic hydroxyl groups is 1. The van der Waals surface area contributed by atoms with Crippen LogP contribution in [0.5, 0.6) is 5.75 Å². The summed E-state index contributed by atoms with van der Waals surface area (Å²) in [5.74, 6) is 0.0934. The molecule has 1 aliphatic heterocycles. The fourth-order valence-electron chi connectivity index (χ4n) is 4.16. The molecule has 28 heavy (non-hydrogen) atoms. The highest BCUT2D eigenvalue weighted by atomic mass is 19.1. The van der Waals surface area contributed by atoms with Gasteiger partial charge in [0.05, 0.1) is 12.1 Å². The van der Waals surface area contributed by atoms with Gasteiger partial charge in [-0.1, -0.05) is 18.2 Å². The number of benzene rings is 2. The zero-order chi connectivity index (χ0) is 19.9. The molecule has 2 aliphatic rings. The van der Waals surface area contributed by atoms with Crippen LogP contribution in [-0.4, -0.2) is 22.8 Å². The monoisotopic (exact) mass is 384 g/mol. The van der Waals surface area contributed by atoms with Crippen molar-refractivity contribution in [3.8, 4) is 5.75 Å². The molecule has 0 unspecified atom stereocenters.